The standard InChI is InChI=1S/C24H29FN4O2/c1-16-3-4-18(23(11-16)31-20-8-10-30-15-20)14-29-24(26-2)27-9-7-17-13-28-22-12-19(25)5-6-21(17)22/h3-6,11-13,20,28H,7-10,14-15H2,1-2H3,(H2,26,27,29). The third kappa shape index (κ3) is 5.35. The topological polar surface area (TPSA) is 70.7 Å². The van der Waals surface area contributed by atoms with Gasteiger partial charge in [-0.15, -0.1) is 0 Å². The molecule has 3 aromatic rings. The van der Waals surface area contributed by atoms with Gasteiger partial charge in [-0.1, -0.05) is 12.1 Å². The highest BCUT2D eigenvalue weighted by Crippen LogP contribution is 2.24. The van der Waals surface area contributed by atoms with Gasteiger partial charge in [-0.2, -0.15) is 0 Å². The number of nitrogens with one attached hydrogen (secondary N) is 3. The highest BCUT2D eigenvalue weighted by Gasteiger charge is 2.18. The van der Waals surface area contributed by atoms with E-state index in [1.54, 1.807) is 7.05 Å². The number of aromatic amines is 1. The number of nitrogens with zero attached hydrogens (tertiary/aromatic N) is 1. The molecule has 1 saturated heterocycles. The quantitative estimate of drug-likeness (QED) is 0.400. The van der Waals surface area contributed by atoms with Crippen molar-refractivity contribution in [2.75, 3.05) is 26.8 Å². The number of aryl methyl sites for hydroxylation is 1. The molecule has 7 heteroatoms. The van der Waals surface area contributed by atoms with Crippen LogP contribution in [0.5, 0.6) is 5.75 Å². The maximum Gasteiger partial charge on any atom is 0.191 e. The van der Waals surface area contributed by atoms with Crippen molar-refractivity contribution in [1.29, 1.82) is 0 Å². The van der Waals surface area contributed by atoms with E-state index in [2.05, 4.69) is 45.7 Å². The first-order valence-corrected chi connectivity index (χ1v) is 10.7. The Balaban J connectivity index is 1.32. The van der Waals surface area contributed by atoms with Crippen LogP contribution in [0, 0.1) is 12.7 Å². The predicted molar refractivity (Wildman–Crippen MR) is 121 cm³/mol. The molecule has 3 N–H and O–H groups in total. The Labute approximate surface area is 181 Å². The van der Waals surface area contributed by atoms with Gasteiger partial charge >= 0.3 is 0 Å². The Morgan fingerprint density at radius 2 is 2.13 bits per heavy atom. The van der Waals surface area contributed by atoms with Crippen molar-refractivity contribution < 1.29 is 13.9 Å². The van der Waals surface area contributed by atoms with E-state index in [0.717, 1.165) is 53.2 Å². The maximum absolute atomic E-state index is 13.4. The average molecular weight is 425 g/mol. The maximum atomic E-state index is 13.4. The van der Waals surface area contributed by atoms with Gasteiger partial charge in [0.05, 0.1) is 13.2 Å². The van der Waals surface area contributed by atoms with Crippen LogP contribution in [0.15, 0.2) is 47.6 Å². The van der Waals surface area contributed by atoms with Crippen molar-refractivity contribution in [1.82, 2.24) is 15.6 Å². The molecule has 2 heterocycles. The third-order valence-electron chi connectivity index (χ3n) is 5.49. The summed E-state index contributed by atoms with van der Waals surface area (Å²) < 4.78 is 25.0. The zero-order valence-corrected chi connectivity index (χ0v) is 18.0. The smallest absolute Gasteiger partial charge is 0.191 e. The molecule has 0 bridgehead atoms. The first kappa shape index (κ1) is 21.2. The second-order valence-electron chi connectivity index (χ2n) is 7.82. The van der Waals surface area contributed by atoms with Crippen LogP contribution < -0.4 is 15.4 Å². The van der Waals surface area contributed by atoms with E-state index in [1.165, 1.54) is 17.7 Å². The zero-order valence-electron chi connectivity index (χ0n) is 18.0. The SMILES string of the molecule is CN=C(NCCc1c[nH]c2cc(F)ccc12)NCc1ccc(C)cc1OC1CCOC1. The summed E-state index contributed by atoms with van der Waals surface area (Å²) >= 11 is 0. The monoisotopic (exact) mass is 424 g/mol. The van der Waals surface area contributed by atoms with Crippen LogP contribution >= 0.6 is 0 Å². The Morgan fingerprint density at radius 1 is 1.23 bits per heavy atom. The molecule has 1 fully saturated rings. The first-order valence-electron chi connectivity index (χ1n) is 10.7. The number of rotatable bonds is 7. The molecule has 1 atom stereocenters. The molecule has 0 amide bonds. The van der Waals surface area contributed by atoms with Crippen molar-refractivity contribution in [2.24, 2.45) is 4.99 Å². The number of ether oxygens (including phenoxy) is 2. The highest BCUT2D eigenvalue weighted by atomic mass is 19.1. The van der Waals surface area contributed by atoms with Crippen LogP contribution in [0.25, 0.3) is 10.9 Å². The third-order valence-corrected chi connectivity index (χ3v) is 5.49. The number of hydrogen-bond acceptors (Lipinski definition) is 3. The molecule has 164 valence electrons. The summed E-state index contributed by atoms with van der Waals surface area (Å²) in [5.74, 6) is 1.38. The summed E-state index contributed by atoms with van der Waals surface area (Å²) in [6.45, 7) is 4.78. The number of H-pyrrole nitrogens is 1. The molecule has 1 aliphatic heterocycles. The molecule has 1 aliphatic rings. The molecule has 1 unspecified atom stereocenters. The molecule has 0 spiro atoms. The lowest BCUT2D eigenvalue weighted by Crippen LogP contribution is -2.38. The van der Waals surface area contributed by atoms with E-state index < -0.39 is 0 Å². The van der Waals surface area contributed by atoms with Gasteiger partial charge in [0, 0.05) is 49.2 Å². The van der Waals surface area contributed by atoms with Crippen molar-refractivity contribution in [2.45, 2.75) is 32.4 Å². The fourth-order valence-electron chi connectivity index (χ4n) is 3.78. The zero-order chi connectivity index (χ0) is 21.6. The van der Waals surface area contributed by atoms with Crippen LogP contribution in [0.1, 0.15) is 23.1 Å². The summed E-state index contributed by atoms with van der Waals surface area (Å²) in [5.41, 5.74) is 4.21. The van der Waals surface area contributed by atoms with Crippen LogP contribution in [-0.2, 0) is 17.7 Å². The van der Waals surface area contributed by atoms with Gasteiger partial charge < -0.3 is 25.1 Å². The van der Waals surface area contributed by atoms with Crippen LogP contribution in [0.3, 0.4) is 0 Å². The van der Waals surface area contributed by atoms with E-state index in [4.69, 9.17) is 9.47 Å². The predicted octanol–water partition coefficient (Wildman–Crippen LogP) is 3.69. The van der Waals surface area contributed by atoms with Gasteiger partial charge in [-0.3, -0.25) is 4.99 Å². The molecule has 4 rings (SSSR count). The van der Waals surface area contributed by atoms with E-state index in [-0.39, 0.29) is 11.9 Å². The lowest BCUT2D eigenvalue weighted by atomic mass is 10.1. The largest absolute Gasteiger partial charge is 0.488 e. The lowest BCUT2D eigenvalue weighted by molar-refractivity contribution is 0.140. The molecule has 2 aromatic carbocycles. The van der Waals surface area contributed by atoms with Crippen molar-refractivity contribution in [3.8, 4) is 5.75 Å². The van der Waals surface area contributed by atoms with Gasteiger partial charge in [0.25, 0.3) is 0 Å². The van der Waals surface area contributed by atoms with Gasteiger partial charge in [-0.05, 0) is 48.7 Å². The second kappa shape index (κ2) is 9.83. The van der Waals surface area contributed by atoms with E-state index in [0.29, 0.717) is 19.7 Å². The number of aliphatic imine (C=N–C) groups is 1. The number of hydrogen-bond donors (Lipinski definition) is 3. The van der Waals surface area contributed by atoms with Crippen LogP contribution in [-0.4, -0.2) is 43.9 Å². The normalized spacial score (nSPS) is 16.6. The van der Waals surface area contributed by atoms with Crippen LogP contribution in [0.2, 0.25) is 0 Å². The summed E-state index contributed by atoms with van der Waals surface area (Å²) in [4.78, 5) is 7.45. The number of fused-ring (bicyclic) bond motifs is 1. The summed E-state index contributed by atoms with van der Waals surface area (Å²) in [6.07, 6.45) is 3.77. The Bertz CT molecular complexity index is 1060. The van der Waals surface area contributed by atoms with Crippen molar-refractivity contribution >= 4 is 16.9 Å². The number of halogens is 1. The average Bonchev–Trinajstić information content (AvgIpc) is 3.41. The molecular formula is C24H29FN4O2. The summed E-state index contributed by atoms with van der Waals surface area (Å²) in [6, 6.07) is 11.1. The van der Waals surface area contributed by atoms with Gasteiger partial charge in [0.15, 0.2) is 5.96 Å². The molecule has 0 saturated carbocycles. The molecular weight excluding hydrogens is 395 g/mol. The summed E-state index contributed by atoms with van der Waals surface area (Å²) in [5, 5.41) is 7.76. The molecule has 6 nitrogen and oxygen atoms in total. The van der Waals surface area contributed by atoms with Crippen molar-refractivity contribution in [3.05, 3.63) is 65.1 Å². The molecule has 0 aliphatic carbocycles. The fourth-order valence-corrected chi connectivity index (χ4v) is 3.78. The van der Waals surface area contributed by atoms with Crippen molar-refractivity contribution in [3.63, 3.8) is 0 Å². The van der Waals surface area contributed by atoms with Gasteiger partial charge in [0.2, 0.25) is 0 Å². The Hall–Kier alpha value is -3.06. The minimum atomic E-state index is -0.233. The number of benzene rings is 2. The number of guanidine groups is 1. The number of aromatic nitrogens is 1. The Kier molecular flexibility index (Phi) is 6.72. The van der Waals surface area contributed by atoms with E-state index in [9.17, 15) is 4.39 Å². The van der Waals surface area contributed by atoms with Gasteiger partial charge in [0.1, 0.15) is 17.7 Å². The second-order valence-corrected chi connectivity index (χ2v) is 7.82. The lowest BCUT2D eigenvalue weighted by Gasteiger charge is -2.18. The highest BCUT2D eigenvalue weighted by molar-refractivity contribution is 5.83. The molecule has 1 aromatic heterocycles. The Morgan fingerprint density at radius 3 is 2.94 bits per heavy atom. The minimum Gasteiger partial charge on any atom is -0.488 e. The van der Waals surface area contributed by atoms with E-state index in [1.807, 2.05) is 12.3 Å². The summed E-state index contributed by atoms with van der Waals surface area (Å²) in [7, 11) is 1.76. The fraction of sp³-hybridized carbons (Fsp3) is 0.375. The molecule has 31 heavy (non-hydrogen) atoms. The molecule has 0 radical (unpaired) electrons. The van der Waals surface area contributed by atoms with E-state index >= 15 is 0 Å². The van der Waals surface area contributed by atoms with Gasteiger partial charge in [-0.25, -0.2) is 4.39 Å². The minimum absolute atomic E-state index is 0.114. The first-order chi connectivity index (χ1) is 15.1. The van der Waals surface area contributed by atoms with Crippen LogP contribution in [0.4, 0.5) is 4.39 Å².